The first-order chi connectivity index (χ1) is 7.33. The first-order valence-electron chi connectivity index (χ1n) is 5.48. The number of amides is 1. The van der Waals surface area contributed by atoms with Crippen molar-refractivity contribution in [1.82, 2.24) is 10.3 Å². The Hall–Kier alpha value is -1.38. The number of carbonyl (C=O) groups excluding carboxylic acids is 1. The minimum atomic E-state index is 0.158. The van der Waals surface area contributed by atoms with Crippen molar-refractivity contribution in [1.29, 1.82) is 0 Å². The second-order valence-electron chi connectivity index (χ2n) is 3.56. The molecule has 0 bridgehead atoms. The van der Waals surface area contributed by atoms with E-state index in [1.54, 1.807) is 12.4 Å². The topological polar surface area (TPSA) is 42.0 Å². The molecule has 0 aliphatic carbocycles. The Labute approximate surface area is 90.9 Å². The van der Waals surface area contributed by atoms with Gasteiger partial charge in [0.15, 0.2) is 0 Å². The van der Waals surface area contributed by atoms with E-state index >= 15 is 0 Å². The fourth-order valence-electron chi connectivity index (χ4n) is 1.36. The largest absolute Gasteiger partial charge is 0.356 e. The monoisotopic (exact) mass is 206 g/mol. The zero-order chi connectivity index (χ0) is 10.9. The number of hydrogen-bond donors (Lipinski definition) is 1. The molecule has 0 unspecified atom stereocenters. The lowest BCUT2D eigenvalue weighted by Crippen LogP contribution is -2.23. The first kappa shape index (κ1) is 11.7. The van der Waals surface area contributed by atoms with Gasteiger partial charge in [0.25, 0.3) is 0 Å². The molecule has 0 aliphatic rings. The Morgan fingerprint density at radius 1 is 1.40 bits per heavy atom. The predicted octanol–water partition coefficient (Wildman–Crippen LogP) is 1.93. The molecule has 0 saturated carbocycles. The van der Waals surface area contributed by atoms with Crippen molar-refractivity contribution in [2.45, 2.75) is 32.6 Å². The van der Waals surface area contributed by atoms with E-state index in [1.165, 1.54) is 5.56 Å². The molecule has 0 aliphatic heterocycles. The summed E-state index contributed by atoms with van der Waals surface area (Å²) in [6.45, 7) is 2.84. The minimum Gasteiger partial charge on any atom is -0.356 e. The van der Waals surface area contributed by atoms with Gasteiger partial charge >= 0.3 is 0 Å². The molecule has 1 rings (SSSR count). The zero-order valence-corrected chi connectivity index (χ0v) is 9.20. The van der Waals surface area contributed by atoms with Crippen molar-refractivity contribution in [3.8, 4) is 0 Å². The maximum atomic E-state index is 11.3. The van der Waals surface area contributed by atoms with Crippen LogP contribution in [0.25, 0.3) is 0 Å². The van der Waals surface area contributed by atoms with E-state index in [0.717, 1.165) is 25.8 Å². The van der Waals surface area contributed by atoms with Gasteiger partial charge in [-0.1, -0.05) is 6.92 Å². The summed E-state index contributed by atoms with van der Waals surface area (Å²) in [6, 6.07) is 3.98. The molecule has 0 radical (unpaired) electrons. The third-order valence-electron chi connectivity index (χ3n) is 2.19. The molecule has 3 heteroatoms. The lowest BCUT2D eigenvalue weighted by Gasteiger charge is -2.03. The molecule has 1 amide bonds. The smallest absolute Gasteiger partial charge is 0.220 e. The lowest BCUT2D eigenvalue weighted by atomic mass is 10.1. The van der Waals surface area contributed by atoms with Crippen LogP contribution in [0.15, 0.2) is 24.5 Å². The molecule has 1 heterocycles. The second-order valence-corrected chi connectivity index (χ2v) is 3.56. The third kappa shape index (κ3) is 5.15. The number of rotatable bonds is 6. The minimum absolute atomic E-state index is 0.158. The first-order valence-corrected chi connectivity index (χ1v) is 5.48. The third-order valence-corrected chi connectivity index (χ3v) is 2.19. The molecule has 3 nitrogen and oxygen atoms in total. The van der Waals surface area contributed by atoms with Crippen LogP contribution in [-0.4, -0.2) is 17.4 Å². The number of nitrogens with one attached hydrogen (secondary N) is 1. The van der Waals surface area contributed by atoms with Gasteiger partial charge in [-0.2, -0.15) is 0 Å². The molecule has 0 saturated heterocycles. The van der Waals surface area contributed by atoms with Crippen LogP contribution in [0.3, 0.4) is 0 Å². The highest BCUT2D eigenvalue weighted by Gasteiger charge is 1.99. The second kappa shape index (κ2) is 6.98. The highest BCUT2D eigenvalue weighted by molar-refractivity contribution is 5.75. The molecule has 15 heavy (non-hydrogen) atoms. The van der Waals surface area contributed by atoms with Crippen LogP contribution >= 0.6 is 0 Å². The van der Waals surface area contributed by atoms with Crippen molar-refractivity contribution in [2.24, 2.45) is 0 Å². The molecule has 0 atom stereocenters. The number of carbonyl (C=O) groups is 1. The summed E-state index contributed by atoms with van der Waals surface area (Å²) in [5.41, 5.74) is 1.24. The summed E-state index contributed by atoms with van der Waals surface area (Å²) in [7, 11) is 0. The maximum absolute atomic E-state index is 11.3. The van der Waals surface area contributed by atoms with E-state index in [2.05, 4.69) is 17.2 Å². The van der Waals surface area contributed by atoms with Gasteiger partial charge < -0.3 is 5.32 Å². The van der Waals surface area contributed by atoms with Crippen molar-refractivity contribution in [3.63, 3.8) is 0 Å². The van der Waals surface area contributed by atoms with Crippen LogP contribution in [-0.2, 0) is 11.2 Å². The van der Waals surface area contributed by atoms with Gasteiger partial charge in [0.2, 0.25) is 5.91 Å². The van der Waals surface area contributed by atoms with Crippen LogP contribution in [0.2, 0.25) is 0 Å². The van der Waals surface area contributed by atoms with Gasteiger partial charge in [-0.3, -0.25) is 9.78 Å². The number of pyridine rings is 1. The quantitative estimate of drug-likeness (QED) is 0.772. The molecule has 82 valence electrons. The molecule has 1 aromatic heterocycles. The van der Waals surface area contributed by atoms with Gasteiger partial charge in [-0.15, -0.1) is 0 Å². The van der Waals surface area contributed by atoms with Crippen LogP contribution in [0, 0.1) is 0 Å². The molecule has 0 fully saturated rings. The fourth-order valence-corrected chi connectivity index (χ4v) is 1.36. The van der Waals surface area contributed by atoms with Gasteiger partial charge in [0, 0.05) is 25.4 Å². The molecule has 1 N–H and O–H groups in total. The Morgan fingerprint density at radius 2 is 2.13 bits per heavy atom. The van der Waals surface area contributed by atoms with Crippen molar-refractivity contribution in [3.05, 3.63) is 30.1 Å². The van der Waals surface area contributed by atoms with E-state index < -0.39 is 0 Å². The zero-order valence-electron chi connectivity index (χ0n) is 9.20. The van der Waals surface area contributed by atoms with Gasteiger partial charge in [-0.25, -0.2) is 0 Å². The van der Waals surface area contributed by atoms with Crippen molar-refractivity contribution < 1.29 is 4.79 Å². The predicted molar refractivity (Wildman–Crippen MR) is 60.5 cm³/mol. The Bertz CT molecular complexity index is 285. The van der Waals surface area contributed by atoms with Crippen molar-refractivity contribution >= 4 is 5.91 Å². The standard InChI is InChI=1S/C12H18N2O/c1-2-8-14-12(15)5-3-4-11-6-9-13-10-7-11/h6-7,9-10H,2-5,8H2,1H3,(H,14,15). The summed E-state index contributed by atoms with van der Waals surface area (Å²) in [4.78, 5) is 15.2. The summed E-state index contributed by atoms with van der Waals surface area (Å²) in [5, 5.41) is 2.87. The van der Waals surface area contributed by atoms with Crippen LogP contribution < -0.4 is 5.32 Å². The Balaban J connectivity index is 2.14. The van der Waals surface area contributed by atoms with E-state index in [0.29, 0.717) is 6.42 Å². The SMILES string of the molecule is CCCNC(=O)CCCc1ccncc1. The van der Waals surface area contributed by atoms with E-state index in [1.807, 2.05) is 12.1 Å². The highest BCUT2D eigenvalue weighted by atomic mass is 16.1. The van der Waals surface area contributed by atoms with Gasteiger partial charge in [0.1, 0.15) is 0 Å². The van der Waals surface area contributed by atoms with E-state index in [-0.39, 0.29) is 5.91 Å². The molecular formula is C12H18N2O. The van der Waals surface area contributed by atoms with E-state index in [4.69, 9.17) is 0 Å². The lowest BCUT2D eigenvalue weighted by molar-refractivity contribution is -0.121. The molecular weight excluding hydrogens is 188 g/mol. The van der Waals surface area contributed by atoms with Crippen LogP contribution in [0.1, 0.15) is 31.7 Å². The summed E-state index contributed by atoms with van der Waals surface area (Å²) in [5.74, 6) is 0.158. The number of nitrogens with zero attached hydrogens (tertiary/aromatic N) is 1. The van der Waals surface area contributed by atoms with E-state index in [9.17, 15) is 4.79 Å². The summed E-state index contributed by atoms with van der Waals surface area (Å²) in [6.07, 6.45) is 7.03. The maximum Gasteiger partial charge on any atom is 0.220 e. The number of aryl methyl sites for hydroxylation is 1. The normalized spacial score (nSPS) is 9.93. The molecule has 0 aromatic carbocycles. The van der Waals surface area contributed by atoms with Gasteiger partial charge in [0.05, 0.1) is 0 Å². The number of aromatic nitrogens is 1. The van der Waals surface area contributed by atoms with Crippen LogP contribution in [0.5, 0.6) is 0 Å². The fraction of sp³-hybridized carbons (Fsp3) is 0.500. The van der Waals surface area contributed by atoms with Crippen molar-refractivity contribution in [2.75, 3.05) is 6.54 Å². The summed E-state index contributed by atoms with van der Waals surface area (Å²) < 4.78 is 0. The Morgan fingerprint density at radius 3 is 2.80 bits per heavy atom. The summed E-state index contributed by atoms with van der Waals surface area (Å²) >= 11 is 0. The van der Waals surface area contributed by atoms with Crippen LogP contribution in [0.4, 0.5) is 0 Å². The Kier molecular flexibility index (Phi) is 5.44. The number of hydrogen-bond acceptors (Lipinski definition) is 2. The average Bonchev–Trinajstić information content (AvgIpc) is 2.28. The average molecular weight is 206 g/mol. The highest BCUT2D eigenvalue weighted by Crippen LogP contribution is 2.02. The molecule has 1 aromatic rings. The van der Waals surface area contributed by atoms with Gasteiger partial charge in [-0.05, 0) is 37.0 Å². The molecule has 0 spiro atoms.